The highest BCUT2D eigenvalue weighted by Gasteiger charge is 2.19. The van der Waals surface area contributed by atoms with Crippen LogP contribution in [0.4, 0.5) is 0 Å². The number of carbonyl (C=O) groups excluding carboxylic acids is 8. The first-order chi connectivity index (χ1) is 44.6. The number of aliphatic hydroxyl groups excluding tert-OH is 1. The molecule has 0 spiro atoms. The third-order valence-electron chi connectivity index (χ3n) is 12.0. The van der Waals surface area contributed by atoms with Crippen molar-refractivity contribution in [3.05, 3.63) is 222 Å². The Kier molecular flexibility index (Phi) is 29.9. The summed E-state index contributed by atoms with van der Waals surface area (Å²) in [6.45, 7) is 5.14. The van der Waals surface area contributed by atoms with E-state index in [1.807, 2.05) is 133 Å². The molecule has 93 heavy (non-hydrogen) atoms. The number of para-hydroxylation sites is 5. The summed E-state index contributed by atoms with van der Waals surface area (Å²) in [5.74, 6) is -4.39. The minimum atomic E-state index is -0.921. The van der Waals surface area contributed by atoms with Gasteiger partial charge >= 0.3 is 35.8 Å². The number of nitrogens with one attached hydrogen (secondary N) is 1. The molecule has 0 saturated carbocycles. The number of benzene rings is 5. The fraction of sp³-hybridized carbons (Fsp3) is 0.149. The minimum absolute atomic E-state index is 0.0863. The maximum Gasteiger partial charge on any atom is 0.362 e. The summed E-state index contributed by atoms with van der Waals surface area (Å²) in [5.41, 5.74) is 6.28. The van der Waals surface area contributed by atoms with Crippen molar-refractivity contribution in [3.8, 4) is 0 Å². The predicted octanol–water partition coefficient (Wildman–Crippen LogP) is 8.86. The molecule has 5 aromatic carbocycles. The van der Waals surface area contributed by atoms with E-state index >= 15 is 0 Å². The molecule has 0 atom stereocenters. The zero-order valence-electron chi connectivity index (χ0n) is 51.4. The van der Waals surface area contributed by atoms with Gasteiger partial charge in [0.2, 0.25) is 11.2 Å². The van der Waals surface area contributed by atoms with Gasteiger partial charge in [0.1, 0.15) is 29.2 Å². The van der Waals surface area contributed by atoms with Crippen LogP contribution in [0.3, 0.4) is 0 Å². The van der Waals surface area contributed by atoms with Crippen LogP contribution in [0, 0.1) is 5.21 Å². The molecule has 5 N–H and O–H groups in total. The molecule has 26 nitrogen and oxygen atoms in total. The number of allylic oxidation sites excluding steroid dienone is 1. The molecular formula is C67H64N8O18. The van der Waals surface area contributed by atoms with Gasteiger partial charge in [-0.25, -0.2) is 30.0 Å². The molecule has 0 aliphatic carbocycles. The van der Waals surface area contributed by atoms with E-state index in [0.29, 0.717) is 11.2 Å². The number of oxime groups is 2. The maximum atomic E-state index is 11.6. The van der Waals surface area contributed by atoms with Crippen LogP contribution in [0.25, 0.3) is 60.1 Å². The van der Waals surface area contributed by atoms with Crippen molar-refractivity contribution >= 4 is 119 Å². The van der Waals surface area contributed by atoms with Gasteiger partial charge in [0.05, 0.1) is 74.0 Å². The third kappa shape index (κ3) is 23.5. The number of aromatic nitrogens is 5. The van der Waals surface area contributed by atoms with E-state index in [1.165, 1.54) is 73.9 Å². The number of aliphatic hydroxyl groups is 1. The molecule has 5 aromatic heterocycles. The Balaban J connectivity index is 0.000000236. The van der Waals surface area contributed by atoms with Gasteiger partial charge in [-0.2, -0.15) is 4.73 Å². The SMILES string of the molecule is CC(=O)OC(C)=O.COC(=O)/C(=N\O)c1ccc2ccccc2n1.COC(=O)C(=C(C)O)c1ccc2ccccc2n1.COC(=O)CC(C)=O.COC(=O)Cc1ccc2ccccc2n1.O=C(NO)/C(=N/O)c1ccc2ccccc2n1.[O-][n+]1cccc2ccccc21. The number of ketones is 1. The molecule has 0 aliphatic heterocycles. The van der Waals surface area contributed by atoms with Crippen LogP contribution in [0.5, 0.6) is 0 Å². The summed E-state index contributed by atoms with van der Waals surface area (Å²) in [4.78, 5) is 102. The maximum absolute atomic E-state index is 11.6. The number of hydrogen-bond donors (Lipinski definition) is 5. The van der Waals surface area contributed by atoms with E-state index in [2.05, 4.69) is 53.9 Å². The summed E-state index contributed by atoms with van der Waals surface area (Å²) in [5, 5.41) is 57.3. The van der Waals surface area contributed by atoms with Crippen molar-refractivity contribution in [3.63, 3.8) is 0 Å². The second-order valence-corrected chi connectivity index (χ2v) is 18.6. The fourth-order valence-corrected chi connectivity index (χ4v) is 7.74. The number of carbonyl (C=O) groups is 8. The second kappa shape index (κ2) is 38.1. The van der Waals surface area contributed by atoms with Crippen LogP contribution in [0.1, 0.15) is 56.9 Å². The van der Waals surface area contributed by atoms with E-state index in [4.69, 9.17) is 15.6 Å². The summed E-state index contributed by atoms with van der Waals surface area (Å²) in [7, 11) is 5.12. The average Bonchev–Trinajstić information content (AvgIpc) is 1.16. The van der Waals surface area contributed by atoms with E-state index in [1.54, 1.807) is 42.5 Å². The zero-order chi connectivity index (χ0) is 68.4. The highest BCUT2D eigenvalue weighted by Crippen LogP contribution is 2.21. The molecule has 26 heteroatoms. The Labute approximate surface area is 531 Å². The van der Waals surface area contributed by atoms with E-state index in [0.717, 1.165) is 59.4 Å². The fourth-order valence-electron chi connectivity index (χ4n) is 7.74. The quantitative estimate of drug-likeness (QED) is 0.00729. The molecule has 10 rings (SSSR count). The van der Waals surface area contributed by atoms with Gasteiger partial charge in [0.25, 0.3) is 5.91 Å². The molecule has 0 saturated heterocycles. The number of hydrogen-bond acceptors (Lipinski definition) is 24. The Morgan fingerprint density at radius 2 is 0.871 bits per heavy atom. The number of hydroxylamine groups is 1. The summed E-state index contributed by atoms with van der Waals surface area (Å²) in [6.07, 6.45) is 1.61. The van der Waals surface area contributed by atoms with Crippen molar-refractivity contribution in [2.24, 2.45) is 10.3 Å². The van der Waals surface area contributed by atoms with Gasteiger partial charge in [0.15, 0.2) is 11.9 Å². The van der Waals surface area contributed by atoms with E-state index in [-0.39, 0.29) is 58.7 Å². The second-order valence-electron chi connectivity index (χ2n) is 18.6. The summed E-state index contributed by atoms with van der Waals surface area (Å²) in [6, 6.07) is 55.3. The molecule has 0 fully saturated rings. The number of amides is 1. The van der Waals surface area contributed by atoms with Gasteiger partial charge in [-0.1, -0.05) is 120 Å². The molecule has 0 unspecified atom stereocenters. The number of nitrogens with zero attached hydrogens (tertiary/aromatic N) is 7. The highest BCUT2D eigenvalue weighted by molar-refractivity contribution is 6.44. The van der Waals surface area contributed by atoms with Crippen molar-refractivity contribution < 1.29 is 87.5 Å². The first-order valence-corrected chi connectivity index (χ1v) is 27.4. The Morgan fingerprint density at radius 3 is 1.26 bits per heavy atom. The van der Waals surface area contributed by atoms with Crippen LogP contribution < -0.4 is 10.2 Å². The first-order valence-electron chi connectivity index (χ1n) is 27.4. The van der Waals surface area contributed by atoms with E-state index < -0.39 is 35.8 Å². The number of methoxy groups -OCH3 is 4. The summed E-state index contributed by atoms with van der Waals surface area (Å²) >= 11 is 0. The largest absolute Gasteiger partial charge is 0.618 e. The molecule has 0 aliphatic rings. The Morgan fingerprint density at radius 1 is 0.473 bits per heavy atom. The topological polar surface area (TPSA) is 379 Å². The lowest BCUT2D eigenvalue weighted by Gasteiger charge is -2.07. The predicted molar refractivity (Wildman–Crippen MR) is 341 cm³/mol. The number of ether oxygens (including phenoxy) is 5. The molecule has 1 amide bonds. The lowest BCUT2D eigenvalue weighted by molar-refractivity contribution is -0.577. The number of Topliss-reactive ketones (excluding diaryl/α,β-unsaturated/α-hetero) is 1. The monoisotopic (exact) mass is 1270 g/mol. The number of fused-ring (bicyclic) bond motifs is 5. The molecule has 480 valence electrons. The first kappa shape index (κ1) is 73.0. The van der Waals surface area contributed by atoms with Crippen LogP contribution in [-0.2, 0) is 68.5 Å². The van der Waals surface area contributed by atoms with Gasteiger partial charge in [-0.05, 0) is 74.5 Å². The standard InChI is InChI=1S/C14H13NO3.C12H10N2O3.C12H11NO2.C11H9N3O3.C9H7NO.C5H8O3.C4H6O3/c1-9(16)13(14(17)18-2)12-8-7-10-5-3-4-6-11(10)15-12;1-17-12(15)11(14-16)10-7-6-8-4-2-3-5-9(8)13-10;1-15-12(14)8-10-7-6-9-4-2-3-5-11(9)13-10;15-11(14-17)10(13-16)9-6-5-7-3-1-2-4-8(7)12-9;11-10-7-3-5-8-4-1-2-6-9(8)10;1-4(6)3-5(7)8-2;1-3(5)7-4(2)6/h3-8,16H,1-2H3;2-7,16H,1H3;2-7H,8H2,1H3;1-6,16-17H,(H,14,15);1-7H;3H2,1-2H3;1-2H3/b;14-11-;;13-10+;;;. The number of esters is 6. The normalized spacial score (nSPS) is 10.7. The molecule has 0 bridgehead atoms. The number of rotatable bonds is 10. The van der Waals surface area contributed by atoms with Crippen molar-refractivity contribution in [1.29, 1.82) is 0 Å². The Hall–Kier alpha value is -12.5. The van der Waals surface area contributed by atoms with Crippen molar-refractivity contribution in [2.75, 3.05) is 28.4 Å². The molecule has 5 heterocycles. The zero-order valence-corrected chi connectivity index (χ0v) is 51.4. The van der Waals surface area contributed by atoms with Gasteiger partial charge < -0.3 is 44.4 Å². The average molecular weight is 1270 g/mol. The number of pyridine rings is 5. The van der Waals surface area contributed by atoms with E-state index in [9.17, 15) is 48.7 Å². The van der Waals surface area contributed by atoms with Crippen LogP contribution in [0.15, 0.2) is 204 Å². The smallest absolute Gasteiger partial charge is 0.362 e. The van der Waals surface area contributed by atoms with Crippen molar-refractivity contribution in [2.45, 2.75) is 40.5 Å². The van der Waals surface area contributed by atoms with Crippen molar-refractivity contribution in [1.82, 2.24) is 25.4 Å². The molecular weight excluding hydrogens is 1200 g/mol. The van der Waals surface area contributed by atoms with Crippen LogP contribution in [0.2, 0.25) is 0 Å². The molecule has 0 radical (unpaired) electrons. The lowest BCUT2D eigenvalue weighted by Crippen LogP contribution is -2.29. The van der Waals surface area contributed by atoms with Gasteiger partial charge in [-0.15, -0.1) is 0 Å². The molecule has 10 aromatic rings. The Bertz CT molecular complexity index is 4240. The minimum Gasteiger partial charge on any atom is -0.618 e. The van der Waals surface area contributed by atoms with Crippen LogP contribution >= 0.6 is 0 Å². The lowest BCUT2D eigenvalue weighted by atomic mass is 10.1. The third-order valence-corrected chi connectivity index (χ3v) is 12.0. The van der Waals surface area contributed by atoms with Gasteiger partial charge in [0, 0.05) is 52.9 Å². The highest BCUT2D eigenvalue weighted by atomic mass is 16.6. The van der Waals surface area contributed by atoms with Crippen LogP contribution in [-0.4, -0.2) is 128 Å². The van der Waals surface area contributed by atoms with Gasteiger partial charge in [-0.3, -0.25) is 39.0 Å². The summed E-state index contributed by atoms with van der Waals surface area (Å²) < 4.78 is 22.8.